The fraction of sp³-hybridized carbons (Fsp3) is 0.147. The van der Waals surface area contributed by atoms with Crippen molar-refractivity contribution in [2.75, 3.05) is 0 Å². The molecule has 12 nitrogen and oxygen atoms in total. The summed E-state index contributed by atoms with van der Waals surface area (Å²) in [4.78, 5) is 47.1. The Bertz CT molecular complexity index is 2430. The van der Waals surface area contributed by atoms with E-state index in [1.165, 1.54) is 29.9 Å². The third-order valence-electron chi connectivity index (χ3n) is 8.88. The van der Waals surface area contributed by atoms with Gasteiger partial charge in [0.15, 0.2) is 11.4 Å². The zero-order valence-corrected chi connectivity index (χ0v) is 24.8. The first-order chi connectivity index (χ1) is 22.1. The number of aromatic amines is 1. The number of fused-ring (bicyclic) bond motifs is 5. The number of nitrogens with one attached hydrogen (secondary N) is 1. The maximum atomic E-state index is 14.4. The standard InChI is InChI=1S/C34H25N5O7/c1-16-27(40)25(21-12-11-20-31(35-21)38(33(44)36-32(20)43)15-19-10-7-13-45-19)29-26(28(16)41)34(3)23(46-29)14-22-24(30(34)42)17(2)37-39(22)18-8-5-4-6-9-18/h4-14,40-41H,15H2,1-3H3,(H,36,43,44)/t34-/m0/s1. The minimum atomic E-state index is -1.45. The van der Waals surface area contributed by atoms with Gasteiger partial charge in [-0.25, -0.2) is 14.5 Å². The molecule has 1 aliphatic carbocycles. The molecular formula is C34H25N5O7. The fourth-order valence-corrected chi connectivity index (χ4v) is 6.47. The molecule has 2 aromatic carbocycles. The molecule has 0 fully saturated rings. The van der Waals surface area contributed by atoms with E-state index < -0.39 is 16.7 Å². The van der Waals surface area contributed by atoms with E-state index in [4.69, 9.17) is 9.15 Å². The molecular weight excluding hydrogens is 590 g/mol. The highest BCUT2D eigenvalue weighted by Gasteiger charge is 2.55. The van der Waals surface area contributed by atoms with Gasteiger partial charge in [0.05, 0.1) is 57.7 Å². The van der Waals surface area contributed by atoms with Crippen molar-refractivity contribution in [3.05, 3.63) is 121 Å². The zero-order chi connectivity index (χ0) is 32.1. The number of Topliss-reactive ketones (excluding diaryl/α,β-unsaturated/α-hetero) is 1. The normalized spacial score (nSPS) is 16.6. The maximum Gasteiger partial charge on any atom is 0.330 e. The Morgan fingerprint density at radius 2 is 1.74 bits per heavy atom. The number of phenolic OH excluding ortho intramolecular Hbond substituents is 2. The Labute approximate surface area is 259 Å². The molecule has 5 heterocycles. The number of para-hydroxylation sites is 1. The molecule has 0 spiro atoms. The van der Waals surface area contributed by atoms with Gasteiger partial charge in [-0.1, -0.05) is 18.2 Å². The summed E-state index contributed by atoms with van der Waals surface area (Å²) >= 11 is 0. The number of H-pyrrole nitrogens is 1. The van der Waals surface area contributed by atoms with E-state index in [0.717, 1.165) is 5.69 Å². The Morgan fingerprint density at radius 1 is 0.957 bits per heavy atom. The minimum absolute atomic E-state index is 0.0136. The predicted molar refractivity (Wildman–Crippen MR) is 167 cm³/mol. The van der Waals surface area contributed by atoms with Crippen molar-refractivity contribution >= 4 is 22.9 Å². The summed E-state index contributed by atoms with van der Waals surface area (Å²) < 4.78 is 14.8. The van der Waals surface area contributed by atoms with Crippen molar-refractivity contribution < 1.29 is 24.2 Å². The number of carbonyl (C=O) groups is 1. The molecule has 0 amide bonds. The van der Waals surface area contributed by atoms with E-state index in [1.54, 1.807) is 36.7 Å². The second kappa shape index (κ2) is 9.41. The van der Waals surface area contributed by atoms with Crippen LogP contribution >= 0.6 is 0 Å². The molecule has 8 rings (SSSR count). The summed E-state index contributed by atoms with van der Waals surface area (Å²) in [7, 11) is 0. The van der Waals surface area contributed by atoms with Gasteiger partial charge in [-0.3, -0.25) is 19.1 Å². The van der Waals surface area contributed by atoms with Crippen LogP contribution in [0.1, 0.15) is 45.6 Å². The first-order valence-corrected chi connectivity index (χ1v) is 14.4. The van der Waals surface area contributed by atoms with E-state index in [2.05, 4.69) is 15.1 Å². The highest BCUT2D eigenvalue weighted by molar-refractivity contribution is 6.14. The van der Waals surface area contributed by atoms with Crippen molar-refractivity contribution in [2.24, 2.45) is 0 Å². The van der Waals surface area contributed by atoms with Crippen molar-refractivity contribution in [1.82, 2.24) is 24.3 Å². The Balaban J connectivity index is 1.36. The maximum absolute atomic E-state index is 14.4. The molecule has 1 aliphatic heterocycles. The summed E-state index contributed by atoms with van der Waals surface area (Å²) in [5.41, 5.74) is -0.00967. The molecule has 1 atom stereocenters. The van der Waals surface area contributed by atoms with Gasteiger partial charge in [-0.15, -0.1) is 0 Å². The lowest BCUT2D eigenvalue weighted by Gasteiger charge is -2.27. The quantitative estimate of drug-likeness (QED) is 0.259. The van der Waals surface area contributed by atoms with E-state index in [0.29, 0.717) is 22.7 Å². The van der Waals surface area contributed by atoms with Gasteiger partial charge in [0.1, 0.15) is 34.2 Å². The molecule has 6 aromatic rings. The van der Waals surface area contributed by atoms with Crippen molar-refractivity contribution in [2.45, 2.75) is 32.7 Å². The summed E-state index contributed by atoms with van der Waals surface area (Å²) in [6.07, 6.45) is 3.20. The summed E-state index contributed by atoms with van der Waals surface area (Å²) in [5, 5.41) is 27.7. The van der Waals surface area contributed by atoms with Gasteiger partial charge in [0.2, 0.25) is 0 Å². The molecule has 4 aromatic heterocycles. The number of aromatic hydroxyl groups is 2. The van der Waals surface area contributed by atoms with Crippen LogP contribution < -0.4 is 16.0 Å². The molecule has 12 heteroatoms. The molecule has 0 bridgehead atoms. The first kappa shape index (κ1) is 27.4. The first-order valence-electron chi connectivity index (χ1n) is 14.4. The van der Waals surface area contributed by atoms with Crippen LogP contribution in [0.5, 0.6) is 17.2 Å². The third-order valence-corrected chi connectivity index (χ3v) is 8.88. The van der Waals surface area contributed by atoms with Crippen LogP contribution in [0, 0.1) is 13.8 Å². The van der Waals surface area contributed by atoms with Crippen molar-refractivity contribution in [3.8, 4) is 34.2 Å². The van der Waals surface area contributed by atoms with Crippen LogP contribution in [-0.4, -0.2) is 40.3 Å². The van der Waals surface area contributed by atoms with Crippen molar-refractivity contribution in [1.29, 1.82) is 0 Å². The van der Waals surface area contributed by atoms with Crippen LogP contribution in [0.4, 0.5) is 0 Å². The molecule has 0 unspecified atom stereocenters. The number of carbonyl (C=O) groups excluding carboxylic acids is 1. The number of pyridine rings is 1. The van der Waals surface area contributed by atoms with Gasteiger partial charge in [0, 0.05) is 11.6 Å². The summed E-state index contributed by atoms with van der Waals surface area (Å²) in [6, 6.07) is 15.8. The Kier molecular flexibility index (Phi) is 5.60. The topological polar surface area (TPSA) is 165 Å². The number of phenols is 2. The Morgan fingerprint density at radius 3 is 2.48 bits per heavy atom. The third kappa shape index (κ3) is 3.57. The highest BCUT2D eigenvalue weighted by atomic mass is 16.5. The number of benzene rings is 2. The van der Waals surface area contributed by atoms with Crippen molar-refractivity contribution in [3.63, 3.8) is 0 Å². The largest absolute Gasteiger partial charge is 0.507 e. The summed E-state index contributed by atoms with van der Waals surface area (Å²) in [6.45, 7) is 4.94. The van der Waals surface area contributed by atoms with Crippen LogP contribution in [0.15, 0.2) is 80.6 Å². The van der Waals surface area contributed by atoms with Gasteiger partial charge >= 0.3 is 5.69 Å². The Hall–Kier alpha value is -6.17. The average molecular weight is 616 g/mol. The van der Waals surface area contributed by atoms with E-state index in [9.17, 15) is 24.6 Å². The van der Waals surface area contributed by atoms with E-state index >= 15 is 0 Å². The predicted octanol–water partition coefficient (Wildman–Crippen LogP) is 4.49. The van der Waals surface area contributed by atoms with Crippen LogP contribution in [0.2, 0.25) is 0 Å². The number of aryl methyl sites for hydroxylation is 1. The van der Waals surface area contributed by atoms with Crippen LogP contribution in [0.25, 0.3) is 34.1 Å². The van der Waals surface area contributed by atoms with Gasteiger partial charge < -0.3 is 19.4 Å². The van der Waals surface area contributed by atoms with Crippen LogP contribution in [0.3, 0.4) is 0 Å². The fourth-order valence-electron chi connectivity index (χ4n) is 6.47. The number of nitrogens with zero attached hydrogens (tertiary/aromatic N) is 4. The van der Waals surface area contributed by atoms with E-state index in [1.807, 2.05) is 30.3 Å². The number of aromatic nitrogens is 5. The zero-order valence-electron chi connectivity index (χ0n) is 24.8. The SMILES string of the molecule is Cc1nn(-c2ccccc2)c2c1C(=O)[C@@]1(C)C(=C2)Oc2c(-c3ccc4c(=O)[nH]c(=O)n(Cc5ccco5)c4n3)c(O)c(C)c(O)c21. The number of ketones is 1. The monoisotopic (exact) mass is 615 g/mol. The number of allylic oxidation sites excluding steroid dienone is 1. The second-order valence-corrected chi connectivity index (χ2v) is 11.6. The van der Waals surface area contributed by atoms with Crippen LogP contribution in [-0.2, 0) is 12.0 Å². The lowest BCUT2D eigenvalue weighted by molar-refractivity contribution is 0.0905. The lowest BCUT2D eigenvalue weighted by Crippen LogP contribution is -2.36. The molecule has 3 N–H and O–H groups in total. The number of hydrogen-bond donors (Lipinski definition) is 3. The highest BCUT2D eigenvalue weighted by Crippen LogP contribution is 2.60. The molecule has 0 radical (unpaired) electrons. The number of furan rings is 1. The smallest absolute Gasteiger partial charge is 0.330 e. The van der Waals surface area contributed by atoms with E-state index in [-0.39, 0.29) is 68.8 Å². The summed E-state index contributed by atoms with van der Waals surface area (Å²) in [5.74, 6) is -0.199. The number of ether oxygens (including phenoxy) is 1. The second-order valence-electron chi connectivity index (χ2n) is 11.6. The molecule has 2 aliphatic rings. The van der Waals surface area contributed by atoms with Gasteiger partial charge in [-0.05, 0) is 57.2 Å². The lowest BCUT2D eigenvalue weighted by atomic mass is 9.71. The average Bonchev–Trinajstić information content (AvgIpc) is 3.75. The number of rotatable bonds is 4. The molecule has 228 valence electrons. The number of hydrogen-bond acceptors (Lipinski definition) is 9. The minimum Gasteiger partial charge on any atom is -0.507 e. The molecule has 0 saturated heterocycles. The van der Waals surface area contributed by atoms with Gasteiger partial charge in [0.25, 0.3) is 5.56 Å². The molecule has 46 heavy (non-hydrogen) atoms. The van der Waals surface area contributed by atoms with Gasteiger partial charge in [-0.2, -0.15) is 5.10 Å². The molecule has 0 saturated carbocycles.